The molecule has 0 saturated carbocycles. The highest BCUT2D eigenvalue weighted by atomic mass is 16.5. The average molecular weight is 240 g/mol. The van der Waals surface area contributed by atoms with Crippen LogP contribution in [0.3, 0.4) is 0 Å². The Hall–Kier alpha value is -0.830. The summed E-state index contributed by atoms with van der Waals surface area (Å²) in [5, 5.41) is 9.59. The molecule has 0 aromatic rings. The Morgan fingerprint density at radius 3 is 2.76 bits per heavy atom. The van der Waals surface area contributed by atoms with Crippen LogP contribution in [0.2, 0.25) is 0 Å². The van der Waals surface area contributed by atoms with E-state index in [0.29, 0.717) is 6.42 Å². The molecule has 1 aliphatic rings. The number of rotatable bonds is 4. The summed E-state index contributed by atoms with van der Waals surface area (Å²) in [6.45, 7) is 8.44. The molecule has 1 N–H and O–H groups in total. The number of hydrogen-bond donors (Lipinski definition) is 1. The zero-order valence-electron chi connectivity index (χ0n) is 11.3. The summed E-state index contributed by atoms with van der Waals surface area (Å²) >= 11 is 0. The van der Waals surface area contributed by atoms with E-state index in [0.717, 1.165) is 6.42 Å². The zero-order valence-corrected chi connectivity index (χ0v) is 11.3. The second kappa shape index (κ2) is 5.67. The topological polar surface area (TPSA) is 46.5 Å². The van der Waals surface area contributed by atoms with Crippen molar-refractivity contribution in [2.24, 2.45) is 11.3 Å². The van der Waals surface area contributed by atoms with E-state index < -0.39 is 6.10 Å². The minimum Gasteiger partial charge on any atom is -0.462 e. The van der Waals surface area contributed by atoms with Crippen molar-refractivity contribution < 1.29 is 14.6 Å². The molecule has 1 aliphatic heterocycles. The molecule has 3 atom stereocenters. The van der Waals surface area contributed by atoms with Gasteiger partial charge in [0, 0.05) is 6.42 Å². The summed E-state index contributed by atoms with van der Waals surface area (Å²) in [4.78, 5) is 11.3. The first kappa shape index (κ1) is 14.2. The Labute approximate surface area is 104 Å². The molecule has 3 nitrogen and oxygen atoms in total. The zero-order chi connectivity index (χ0) is 13.1. The molecule has 0 aliphatic carbocycles. The quantitative estimate of drug-likeness (QED) is 0.607. The molecular weight excluding hydrogens is 216 g/mol. The number of hydrogen-bond acceptors (Lipinski definition) is 3. The molecule has 98 valence electrons. The van der Waals surface area contributed by atoms with Crippen LogP contribution in [0.5, 0.6) is 0 Å². The molecule has 1 saturated heterocycles. The Balaban J connectivity index is 2.57. The predicted octanol–water partition coefficient (Wildman–Crippen LogP) is 2.68. The summed E-state index contributed by atoms with van der Waals surface area (Å²) in [5.74, 6) is -0.00969. The molecule has 0 aromatic carbocycles. The van der Waals surface area contributed by atoms with Crippen molar-refractivity contribution in [1.82, 2.24) is 0 Å². The normalized spacial score (nSPS) is 28.2. The minimum absolute atomic E-state index is 0.100. The first-order chi connectivity index (χ1) is 7.84. The van der Waals surface area contributed by atoms with Gasteiger partial charge in [0.2, 0.25) is 0 Å². The van der Waals surface area contributed by atoms with Crippen molar-refractivity contribution >= 4 is 5.97 Å². The number of ether oxygens (including phenoxy) is 1. The molecule has 0 amide bonds. The summed E-state index contributed by atoms with van der Waals surface area (Å²) < 4.78 is 5.32. The number of cyclic esters (lactones) is 1. The van der Waals surface area contributed by atoms with Crippen LogP contribution in [0.4, 0.5) is 0 Å². The van der Waals surface area contributed by atoms with Crippen LogP contribution in [0.25, 0.3) is 0 Å². The van der Waals surface area contributed by atoms with Gasteiger partial charge >= 0.3 is 5.97 Å². The average Bonchev–Trinajstić information content (AvgIpc) is 2.14. The number of esters is 1. The summed E-state index contributed by atoms with van der Waals surface area (Å²) in [6, 6.07) is 0. The third-order valence-electron chi connectivity index (χ3n) is 3.29. The molecule has 1 fully saturated rings. The molecule has 0 radical (unpaired) electrons. The van der Waals surface area contributed by atoms with Crippen LogP contribution in [-0.4, -0.2) is 23.3 Å². The first-order valence-electron chi connectivity index (χ1n) is 6.35. The molecule has 3 heteroatoms. The molecule has 1 unspecified atom stereocenters. The van der Waals surface area contributed by atoms with Crippen molar-refractivity contribution in [3.8, 4) is 0 Å². The summed E-state index contributed by atoms with van der Waals surface area (Å²) in [7, 11) is 0. The number of allylic oxidation sites excluding steroid dienone is 2. The van der Waals surface area contributed by atoms with Crippen molar-refractivity contribution in [3.05, 3.63) is 12.2 Å². The van der Waals surface area contributed by atoms with E-state index in [1.54, 1.807) is 0 Å². The van der Waals surface area contributed by atoms with Gasteiger partial charge in [0.25, 0.3) is 0 Å². The maximum atomic E-state index is 11.3. The monoisotopic (exact) mass is 240 g/mol. The lowest BCUT2D eigenvalue weighted by molar-refractivity contribution is -0.164. The highest BCUT2D eigenvalue weighted by Crippen LogP contribution is 2.32. The molecule has 1 rings (SSSR count). The standard InChI is InChI=1S/C14H24O3/c1-5-6-14(3,4)9-10(2)12-7-11(15)8-13(16)17-12/h5-6,10-12,15H,7-9H2,1-4H3/b6-5+/t10?,11-,12+/m1/s1. The lowest BCUT2D eigenvalue weighted by atomic mass is 9.79. The van der Waals surface area contributed by atoms with Gasteiger partial charge in [-0.1, -0.05) is 32.9 Å². The number of aliphatic hydroxyl groups is 1. The van der Waals surface area contributed by atoms with Gasteiger partial charge in [-0.3, -0.25) is 4.79 Å². The second-order valence-corrected chi connectivity index (χ2v) is 5.79. The van der Waals surface area contributed by atoms with E-state index in [1.807, 2.05) is 6.92 Å². The minimum atomic E-state index is -0.534. The summed E-state index contributed by atoms with van der Waals surface area (Å²) in [6.07, 6.45) is 5.20. The van der Waals surface area contributed by atoms with E-state index >= 15 is 0 Å². The van der Waals surface area contributed by atoms with Crippen LogP contribution >= 0.6 is 0 Å². The lowest BCUT2D eigenvalue weighted by Crippen LogP contribution is -2.37. The Bertz CT molecular complexity index is 294. The Morgan fingerprint density at radius 2 is 2.24 bits per heavy atom. The van der Waals surface area contributed by atoms with E-state index in [9.17, 15) is 9.90 Å². The van der Waals surface area contributed by atoms with E-state index in [2.05, 4.69) is 32.9 Å². The smallest absolute Gasteiger partial charge is 0.308 e. The SMILES string of the molecule is C/C=C/C(C)(C)CC(C)[C@@H]1C[C@@H](O)CC(=O)O1. The van der Waals surface area contributed by atoms with E-state index in [4.69, 9.17) is 4.74 Å². The van der Waals surface area contributed by atoms with Crippen LogP contribution in [0, 0.1) is 11.3 Å². The van der Waals surface area contributed by atoms with Gasteiger partial charge in [0.05, 0.1) is 12.5 Å². The molecule has 0 bridgehead atoms. The van der Waals surface area contributed by atoms with Crippen molar-refractivity contribution in [2.75, 3.05) is 0 Å². The fourth-order valence-electron chi connectivity index (χ4n) is 2.64. The fraction of sp³-hybridized carbons (Fsp3) is 0.786. The molecule has 0 aromatic heterocycles. The Kier molecular flexibility index (Phi) is 4.75. The third kappa shape index (κ3) is 4.50. The fourth-order valence-corrected chi connectivity index (χ4v) is 2.64. The molecule has 17 heavy (non-hydrogen) atoms. The first-order valence-corrected chi connectivity index (χ1v) is 6.35. The van der Waals surface area contributed by atoms with Crippen LogP contribution in [-0.2, 0) is 9.53 Å². The van der Waals surface area contributed by atoms with Crippen LogP contribution < -0.4 is 0 Å². The van der Waals surface area contributed by atoms with Crippen molar-refractivity contribution in [3.63, 3.8) is 0 Å². The summed E-state index contributed by atoms with van der Waals surface area (Å²) in [5.41, 5.74) is 0.100. The van der Waals surface area contributed by atoms with Crippen LogP contribution in [0.15, 0.2) is 12.2 Å². The van der Waals surface area contributed by atoms with Crippen molar-refractivity contribution in [2.45, 2.75) is 59.2 Å². The molecule has 1 heterocycles. The third-order valence-corrected chi connectivity index (χ3v) is 3.29. The highest BCUT2D eigenvalue weighted by Gasteiger charge is 2.33. The number of carbonyl (C=O) groups is 1. The van der Waals surface area contributed by atoms with Gasteiger partial charge in [-0.05, 0) is 24.7 Å². The predicted molar refractivity (Wildman–Crippen MR) is 67.5 cm³/mol. The van der Waals surface area contributed by atoms with E-state index in [1.165, 1.54) is 0 Å². The van der Waals surface area contributed by atoms with E-state index in [-0.39, 0.29) is 29.8 Å². The maximum Gasteiger partial charge on any atom is 0.308 e. The van der Waals surface area contributed by atoms with Gasteiger partial charge in [-0.25, -0.2) is 0 Å². The van der Waals surface area contributed by atoms with Crippen LogP contribution in [0.1, 0.15) is 47.0 Å². The van der Waals surface area contributed by atoms with Gasteiger partial charge in [0.15, 0.2) is 0 Å². The van der Waals surface area contributed by atoms with Gasteiger partial charge in [-0.2, -0.15) is 0 Å². The molecular formula is C14H24O3. The van der Waals surface area contributed by atoms with Gasteiger partial charge in [-0.15, -0.1) is 0 Å². The van der Waals surface area contributed by atoms with Gasteiger partial charge in [0.1, 0.15) is 6.10 Å². The molecule has 0 spiro atoms. The lowest BCUT2D eigenvalue weighted by Gasteiger charge is -2.33. The second-order valence-electron chi connectivity index (χ2n) is 5.79. The van der Waals surface area contributed by atoms with Crippen molar-refractivity contribution in [1.29, 1.82) is 0 Å². The highest BCUT2D eigenvalue weighted by molar-refractivity contribution is 5.71. The Morgan fingerprint density at radius 1 is 1.59 bits per heavy atom. The number of carbonyl (C=O) groups excluding carboxylic acids is 1. The van der Waals surface area contributed by atoms with Gasteiger partial charge < -0.3 is 9.84 Å². The number of aliphatic hydroxyl groups excluding tert-OH is 1. The maximum absolute atomic E-state index is 11.3. The largest absolute Gasteiger partial charge is 0.462 e.